The molecule has 27 heavy (non-hydrogen) atoms. The molecule has 0 aliphatic heterocycles. The smallest absolute Gasteiger partial charge is 0.258 e. The van der Waals surface area contributed by atoms with Crippen molar-refractivity contribution < 1.29 is 9.32 Å². The van der Waals surface area contributed by atoms with Crippen molar-refractivity contribution in [2.24, 2.45) is 0 Å². The Bertz CT molecular complexity index is 960. The highest BCUT2D eigenvalue weighted by Gasteiger charge is 2.24. The van der Waals surface area contributed by atoms with Crippen LogP contribution in [0.3, 0.4) is 0 Å². The van der Waals surface area contributed by atoms with E-state index >= 15 is 0 Å². The molecule has 1 amide bonds. The molecule has 0 fully saturated rings. The maximum Gasteiger partial charge on any atom is 0.258 e. The van der Waals surface area contributed by atoms with Crippen LogP contribution in [0.2, 0.25) is 0 Å². The number of carbonyl (C=O) groups excluding carboxylic acids is 1. The van der Waals surface area contributed by atoms with Crippen molar-refractivity contribution in [2.75, 3.05) is 0 Å². The molecule has 0 saturated heterocycles. The molecule has 0 aliphatic rings. The summed E-state index contributed by atoms with van der Waals surface area (Å²) < 4.78 is 6.38. The van der Waals surface area contributed by atoms with Gasteiger partial charge in [-0.3, -0.25) is 4.79 Å². The SMILES string of the molecule is CC(NC(=O)c1ccccc1-c1nc(C(C)(C)C)no1)c1ccccc1Br. The second-order valence-corrected chi connectivity index (χ2v) is 8.29. The van der Waals surface area contributed by atoms with Crippen molar-refractivity contribution in [1.29, 1.82) is 0 Å². The standard InChI is InChI=1S/C21H22BrN3O2/c1-13(14-9-7-8-12-17(14)22)23-18(26)15-10-5-6-11-16(15)19-24-20(25-27-19)21(2,3)4/h5-13H,1-4H3,(H,23,26). The monoisotopic (exact) mass is 427 g/mol. The van der Waals surface area contributed by atoms with Crippen LogP contribution in [0.25, 0.3) is 11.5 Å². The summed E-state index contributed by atoms with van der Waals surface area (Å²) in [4.78, 5) is 17.4. The number of halogens is 1. The van der Waals surface area contributed by atoms with Gasteiger partial charge < -0.3 is 9.84 Å². The highest BCUT2D eigenvalue weighted by atomic mass is 79.9. The van der Waals surface area contributed by atoms with Gasteiger partial charge in [-0.2, -0.15) is 4.98 Å². The highest BCUT2D eigenvalue weighted by Crippen LogP contribution is 2.27. The first kappa shape index (κ1) is 19.3. The Hall–Kier alpha value is -2.47. The third-order valence-corrected chi connectivity index (χ3v) is 4.94. The van der Waals surface area contributed by atoms with Crippen LogP contribution in [0.1, 0.15) is 55.5 Å². The molecule has 3 aromatic rings. The number of nitrogens with zero attached hydrogens (tertiary/aromatic N) is 2. The first-order valence-electron chi connectivity index (χ1n) is 8.76. The zero-order valence-corrected chi connectivity index (χ0v) is 17.4. The van der Waals surface area contributed by atoms with Crippen LogP contribution in [-0.4, -0.2) is 16.0 Å². The van der Waals surface area contributed by atoms with Crippen LogP contribution in [-0.2, 0) is 5.41 Å². The van der Waals surface area contributed by atoms with Crippen LogP contribution in [0, 0.1) is 0 Å². The van der Waals surface area contributed by atoms with E-state index in [1.54, 1.807) is 6.07 Å². The third-order valence-electron chi connectivity index (χ3n) is 4.22. The summed E-state index contributed by atoms with van der Waals surface area (Å²) in [6.45, 7) is 7.99. The number of carbonyl (C=O) groups is 1. The molecule has 1 N–H and O–H groups in total. The minimum Gasteiger partial charge on any atom is -0.345 e. The molecular formula is C21H22BrN3O2. The normalized spacial score (nSPS) is 12.6. The molecule has 1 heterocycles. The van der Waals surface area contributed by atoms with Gasteiger partial charge in [-0.1, -0.05) is 72.2 Å². The minimum absolute atomic E-state index is 0.158. The van der Waals surface area contributed by atoms with Crippen molar-refractivity contribution in [2.45, 2.75) is 39.2 Å². The van der Waals surface area contributed by atoms with Crippen molar-refractivity contribution in [3.63, 3.8) is 0 Å². The van der Waals surface area contributed by atoms with Crippen molar-refractivity contribution in [3.8, 4) is 11.5 Å². The molecule has 1 atom stereocenters. The molecule has 3 rings (SSSR count). The second-order valence-electron chi connectivity index (χ2n) is 7.44. The molecule has 140 valence electrons. The van der Waals surface area contributed by atoms with Gasteiger partial charge in [0.25, 0.3) is 11.8 Å². The lowest BCUT2D eigenvalue weighted by Crippen LogP contribution is -2.27. The van der Waals surface area contributed by atoms with Crippen LogP contribution in [0.15, 0.2) is 57.5 Å². The van der Waals surface area contributed by atoms with Gasteiger partial charge in [0.05, 0.1) is 17.2 Å². The largest absolute Gasteiger partial charge is 0.345 e. The van der Waals surface area contributed by atoms with E-state index in [9.17, 15) is 4.79 Å². The molecule has 0 radical (unpaired) electrons. The minimum atomic E-state index is -0.229. The molecule has 0 saturated carbocycles. The summed E-state index contributed by atoms with van der Waals surface area (Å²) in [5.74, 6) is 0.762. The van der Waals surface area contributed by atoms with Crippen LogP contribution < -0.4 is 5.32 Å². The summed E-state index contributed by atoms with van der Waals surface area (Å²) in [6.07, 6.45) is 0. The van der Waals surface area contributed by atoms with Crippen LogP contribution in [0.5, 0.6) is 0 Å². The van der Waals surface area contributed by atoms with Crippen molar-refractivity contribution >= 4 is 21.8 Å². The fourth-order valence-electron chi connectivity index (χ4n) is 2.68. The molecule has 0 bridgehead atoms. The highest BCUT2D eigenvalue weighted by molar-refractivity contribution is 9.10. The Morgan fingerprint density at radius 2 is 1.78 bits per heavy atom. The Morgan fingerprint density at radius 3 is 2.44 bits per heavy atom. The Balaban J connectivity index is 1.88. The Kier molecular flexibility index (Phi) is 5.46. The number of amides is 1. The quantitative estimate of drug-likeness (QED) is 0.614. The summed E-state index contributed by atoms with van der Waals surface area (Å²) >= 11 is 3.53. The molecule has 0 spiro atoms. The lowest BCUT2D eigenvalue weighted by molar-refractivity contribution is 0.0940. The van der Waals surface area contributed by atoms with Gasteiger partial charge in [0.1, 0.15) is 0 Å². The number of rotatable bonds is 4. The van der Waals surface area contributed by atoms with Crippen molar-refractivity contribution in [3.05, 3.63) is 70.0 Å². The fraction of sp³-hybridized carbons (Fsp3) is 0.286. The molecular weight excluding hydrogens is 406 g/mol. The maximum absolute atomic E-state index is 12.9. The van der Waals surface area contributed by atoms with Crippen LogP contribution >= 0.6 is 15.9 Å². The van der Waals surface area contributed by atoms with Gasteiger partial charge in [-0.05, 0) is 30.7 Å². The van der Waals surface area contributed by atoms with E-state index < -0.39 is 0 Å². The van der Waals surface area contributed by atoms with Gasteiger partial charge in [0, 0.05) is 9.89 Å². The molecule has 2 aromatic carbocycles. The number of hydrogen-bond donors (Lipinski definition) is 1. The van der Waals surface area contributed by atoms with E-state index in [4.69, 9.17) is 4.52 Å². The average Bonchev–Trinajstić information content (AvgIpc) is 3.12. The van der Waals surface area contributed by atoms with Crippen LogP contribution in [0.4, 0.5) is 0 Å². The topological polar surface area (TPSA) is 68.0 Å². The maximum atomic E-state index is 12.9. The lowest BCUT2D eigenvalue weighted by Gasteiger charge is -2.16. The average molecular weight is 428 g/mol. The van der Waals surface area contributed by atoms with E-state index in [1.165, 1.54) is 0 Å². The molecule has 1 unspecified atom stereocenters. The van der Waals surface area contributed by atoms with Gasteiger partial charge >= 0.3 is 0 Å². The number of hydrogen-bond acceptors (Lipinski definition) is 4. The van der Waals surface area contributed by atoms with Gasteiger partial charge in [-0.25, -0.2) is 0 Å². The molecule has 0 aliphatic carbocycles. The first-order valence-corrected chi connectivity index (χ1v) is 9.55. The zero-order valence-electron chi connectivity index (χ0n) is 15.8. The van der Waals surface area contributed by atoms with E-state index in [0.29, 0.717) is 22.8 Å². The second kappa shape index (κ2) is 7.64. The molecule has 1 aromatic heterocycles. The summed E-state index contributed by atoms with van der Waals surface area (Å²) in [7, 11) is 0. The number of nitrogens with one attached hydrogen (secondary N) is 1. The fourth-order valence-corrected chi connectivity index (χ4v) is 3.31. The third kappa shape index (κ3) is 4.27. The predicted molar refractivity (Wildman–Crippen MR) is 108 cm³/mol. The summed E-state index contributed by atoms with van der Waals surface area (Å²) in [5, 5.41) is 7.10. The van der Waals surface area contributed by atoms with Gasteiger partial charge in [-0.15, -0.1) is 0 Å². The zero-order chi connectivity index (χ0) is 19.6. The van der Waals surface area contributed by atoms with E-state index in [-0.39, 0.29) is 17.4 Å². The molecule has 6 heteroatoms. The first-order chi connectivity index (χ1) is 12.8. The molecule has 5 nitrogen and oxygen atoms in total. The van der Waals surface area contributed by atoms with Crippen molar-refractivity contribution in [1.82, 2.24) is 15.5 Å². The van der Waals surface area contributed by atoms with E-state index in [1.807, 2.05) is 70.2 Å². The predicted octanol–water partition coefficient (Wildman–Crippen LogP) is 5.29. The lowest BCUT2D eigenvalue weighted by atomic mass is 9.96. The number of benzene rings is 2. The Morgan fingerprint density at radius 1 is 1.11 bits per heavy atom. The van der Waals surface area contributed by atoms with E-state index in [2.05, 4.69) is 31.4 Å². The van der Waals surface area contributed by atoms with E-state index in [0.717, 1.165) is 10.0 Å². The summed E-state index contributed by atoms with van der Waals surface area (Å²) in [5.41, 5.74) is 1.90. The summed E-state index contributed by atoms with van der Waals surface area (Å²) in [6, 6.07) is 14.9. The van der Waals surface area contributed by atoms with Gasteiger partial charge in [0.2, 0.25) is 0 Å². The van der Waals surface area contributed by atoms with Gasteiger partial charge in [0.15, 0.2) is 5.82 Å². The number of aromatic nitrogens is 2. The Labute approximate surface area is 167 Å².